The van der Waals surface area contributed by atoms with E-state index in [0.717, 1.165) is 18.9 Å². The van der Waals surface area contributed by atoms with Gasteiger partial charge in [-0.3, -0.25) is 0 Å². The second-order valence-electron chi connectivity index (χ2n) is 6.84. The summed E-state index contributed by atoms with van der Waals surface area (Å²) >= 11 is 0. The molecule has 3 nitrogen and oxygen atoms in total. The lowest BCUT2D eigenvalue weighted by Gasteiger charge is -2.43. The number of benzene rings is 1. The van der Waals surface area contributed by atoms with Gasteiger partial charge in [0.05, 0.1) is 6.61 Å². The normalized spacial score (nSPS) is 28.6. The predicted octanol–water partition coefficient (Wildman–Crippen LogP) is 2.01. The van der Waals surface area contributed by atoms with Crippen LogP contribution in [-0.2, 0) is 5.41 Å². The quantitative estimate of drug-likeness (QED) is 0.890. The smallest absolute Gasteiger partial charge is 0.0540 e. The lowest BCUT2D eigenvalue weighted by molar-refractivity contribution is 0.0753. The van der Waals surface area contributed by atoms with Gasteiger partial charge in [0.25, 0.3) is 0 Å². The molecule has 0 bridgehead atoms. The first-order chi connectivity index (χ1) is 10.3. The van der Waals surface area contributed by atoms with Gasteiger partial charge in [0, 0.05) is 18.5 Å². The highest BCUT2D eigenvalue weighted by Crippen LogP contribution is 2.34. The van der Waals surface area contributed by atoms with Crippen LogP contribution in [0.15, 0.2) is 30.3 Å². The van der Waals surface area contributed by atoms with E-state index in [1.165, 1.54) is 51.0 Å². The number of likely N-dealkylation sites (tertiary alicyclic amines) is 1. The first kappa shape index (κ1) is 15.0. The van der Waals surface area contributed by atoms with E-state index in [2.05, 4.69) is 40.5 Å². The Morgan fingerprint density at radius 1 is 1.19 bits per heavy atom. The Bertz CT molecular complexity index is 430. The van der Waals surface area contributed by atoms with Crippen molar-refractivity contribution >= 4 is 0 Å². The topological polar surface area (TPSA) is 35.5 Å². The largest absolute Gasteiger partial charge is 0.395 e. The van der Waals surface area contributed by atoms with Crippen molar-refractivity contribution in [2.45, 2.75) is 31.1 Å². The van der Waals surface area contributed by atoms with E-state index in [0.29, 0.717) is 0 Å². The van der Waals surface area contributed by atoms with Crippen molar-refractivity contribution in [2.24, 2.45) is 5.92 Å². The van der Waals surface area contributed by atoms with Crippen LogP contribution in [0.1, 0.15) is 31.2 Å². The highest BCUT2D eigenvalue weighted by atomic mass is 16.3. The third-order valence-corrected chi connectivity index (χ3v) is 5.32. The first-order valence-electron chi connectivity index (χ1n) is 8.42. The Labute approximate surface area is 128 Å². The molecular formula is C18H28N2O. The SMILES string of the molecule is OCC1(c2ccccc2)CCCN(CC2CCNCC2)C1. The molecule has 21 heavy (non-hydrogen) atoms. The van der Waals surface area contributed by atoms with Crippen LogP contribution in [0.2, 0.25) is 0 Å². The van der Waals surface area contributed by atoms with Gasteiger partial charge < -0.3 is 15.3 Å². The summed E-state index contributed by atoms with van der Waals surface area (Å²) < 4.78 is 0. The first-order valence-corrected chi connectivity index (χ1v) is 8.42. The molecule has 2 N–H and O–H groups in total. The molecule has 0 aliphatic carbocycles. The van der Waals surface area contributed by atoms with Crippen molar-refractivity contribution in [3.63, 3.8) is 0 Å². The number of aliphatic hydroxyl groups is 1. The predicted molar refractivity (Wildman–Crippen MR) is 86.5 cm³/mol. The summed E-state index contributed by atoms with van der Waals surface area (Å²) in [4.78, 5) is 2.60. The van der Waals surface area contributed by atoms with E-state index in [9.17, 15) is 5.11 Å². The number of aliphatic hydroxyl groups excluding tert-OH is 1. The van der Waals surface area contributed by atoms with Crippen LogP contribution in [0.3, 0.4) is 0 Å². The molecule has 0 saturated carbocycles. The molecule has 2 saturated heterocycles. The van der Waals surface area contributed by atoms with E-state index < -0.39 is 0 Å². The van der Waals surface area contributed by atoms with Crippen molar-refractivity contribution in [3.05, 3.63) is 35.9 Å². The van der Waals surface area contributed by atoms with E-state index >= 15 is 0 Å². The summed E-state index contributed by atoms with van der Waals surface area (Å²) in [7, 11) is 0. The molecule has 0 aromatic heterocycles. The summed E-state index contributed by atoms with van der Waals surface area (Å²) in [5, 5.41) is 13.5. The number of hydrogen-bond acceptors (Lipinski definition) is 3. The van der Waals surface area contributed by atoms with Crippen LogP contribution in [-0.4, -0.2) is 49.3 Å². The molecule has 3 rings (SSSR count). The molecule has 1 aromatic rings. The molecule has 2 aliphatic rings. The van der Waals surface area contributed by atoms with Crippen LogP contribution in [0.25, 0.3) is 0 Å². The second-order valence-corrected chi connectivity index (χ2v) is 6.84. The lowest BCUT2D eigenvalue weighted by Crippen LogP contribution is -2.50. The summed E-state index contributed by atoms with van der Waals surface area (Å²) in [6, 6.07) is 10.6. The Morgan fingerprint density at radius 3 is 2.67 bits per heavy atom. The minimum atomic E-state index is -0.0492. The number of piperidine rings is 2. The minimum Gasteiger partial charge on any atom is -0.395 e. The van der Waals surface area contributed by atoms with Gasteiger partial charge in [-0.05, 0) is 56.8 Å². The number of rotatable bonds is 4. The molecule has 0 spiro atoms. The Hall–Kier alpha value is -0.900. The molecule has 2 aliphatic heterocycles. The van der Waals surface area contributed by atoms with Gasteiger partial charge in [0.1, 0.15) is 0 Å². The average Bonchev–Trinajstić information content (AvgIpc) is 2.57. The second kappa shape index (κ2) is 6.91. The Balaban J connectivity index is 1.68. The van der Waals surface area contributed by atoms with E-state index in [-0.39, 0.29) is 12.0 Å². The molecule has 1 atom stereocenters. The fraction of sp³-hybridized carbons (Fsp3) is 0.667. The Kier molecular flexibility index (Phi) is 4.94. The third kappa shape index (κ3) is 3.47. The molecule has 1 unspecified atom stereocenters. The van der Waals surface area contributed by atoms with Crippen LogP contribution in [0, 0.1) is 5.92 Å². The molecular weight excluding hydrogens is 260 g/mol. The maximum atomic E-state index is 10.1. The standard InChI is InChI=1S/C18H28N2O/c21-15-18(17-5-2-1-3-6-17)9-4-12-20(14-18)13-16-7-10-19-11-8-16/h1-3,5-6,16,19,21H,4,7-15H2. The van der Waals surface area contributed by atoms with Gasteiger partial charge in [0.2, 0.25) is 0 Å². The van der Waals surface area contributed by atoms with Gasteiger partial charge in [-0.2, -0.15) is 0 Å². The zero-order chi connectivity index (χ0) is 14.5. The highest BCUT2D eigenvalue weighted by molar-refractivity contribution is 5.27. The monoisotopic (exact) mass is 288 g/mol. The molecule has 3 heteroatoms. The molecule has 1 aromatic carbocycles. The fourth-order valence-corrected chi connectivity index (χ4v) is 4.06. The zero-order valence-corrected chi connectivity index (χ0v) is 12.9. The van der Waals surface area contributed by atoms with Crippen molar-refractivity contribution in [2.75, 3.05) is 39.3 Å². The number of hydrogen-bond donors (Lipinski definition) is 2. The summed E-state index contributed by atoms with van der Waals surface area (Å²) in [6.07, 6.45) is 4.90. The number of nitrogens with one attached hydrogen (secondary N) is 1. The summed E-state index contributed by atoms with van der Waals surface area (Å²) in [5.41, 5.74) is 1.26. The van der Waals surface area contributed by atoms with Crippen molar-refractivity contribution in [3.8, 4) is 0 Å². The van der Waals surface area contributed by atoms with Crippen LogP contribution < -0.4 is 5.32 Å². The van der Waals surface area contributed by atoms with E-state index in [4.69, 9.17) is 0 Å². The van der Waals surface area contributed by atoms with Crippen LogP contribution >= 0.6 is 0 Å². The van der Waals surface area contributed by atoms with Crippen molar-refractivity contribution in [1.82, 2.24) is 10.2 Å². The van der Waals surface area contributed by atoms with Gasteiger partial charge >= 0.3 is 0 Å². The highest BCUT2D eigenvalue weighted by Gasteiger charge is 2.37. The molecule has 0 radical (unpaired) electrons. The Morgan fingerprint density at radius 2 is 1.95 bits per heavy atom. The molecule has 116 valence electrons. The summed E-state index contributed by atoms with van der Waals surface area (Å²) in [6.45, 7) is 6.01. The minimum absolute atomic E-state index is 0.0492. The zero-order valence-electron chi connectivity index (χ0n) is 12.9. The van der Waals surface area contributed by atoms with Gasteiger partial charge in [-0.15, -0.1) is 0 Å². The van der Waals surface area contributed by atoms with Crippen molar-refractivity contribution < 1.29 is 5.11 Å². The van der Waals surface area contributed by atoms with Crippen LogP contribution in [0.5, 0.6) is 0 Å². The average molecular weight is 288 g/mol. The number of nitrogens with zero attached hydrogens (tertiary/aromatic N) is 1. The van der Waals surface area contributed by atoms with Gasteiger partial charge in [-0.1, -0.05) is 30.3 Å². The van der Waals surface area contributed by atoms with E-state index in [1.54, 1.807) is 0 Å². The van der Waals surface area contributed by atoms with Crippen molar-refractivity contribution in [1.29, 1.82) is 0 Å². The van der Waals surface area contributed by atoms with Gasteiger partial charge in [-0.25, -0.2) is 0 Å². The molecule has 0 amide bonds. The lowest BCUT2D eigenvalue weighted by atomic mass is 9.74. The fourth-order valence-electron chi connectivity index (χ4n) is 4.06. The maximum Gasteiger partial charge on any atom is 0.0540 e. The summed E-state index contributed by atoms with van der Waals surface area (Å²) in [5.74, 6) is 0.830. The molecule has 2 fully saturated rings. The van der Waals surface area contributed by atoms with Gasteiger partial charge in [0.15, 0.2) is 0 Å². The molecule has 2 heterocycles. The van der Waals surface area contributed by atoms with E-state index in [1.807, 2.05) is 0 Å². The maximum absolute atomic E-state index is 10.1. The third-order valence-electron chi connectivity index (χ3n) is 5.32. The van der Waals surface area contributed by atoms with Crippen LogP contribution in [0.4, 0.5) is 0 Å².